The summed E-state index contributed by atoms with van der Waals surface area (Å²) in [5.41, 5.74) is 1.17. The summed E-state index contributed by atoms with van der Waals surface area (Å²) in [6.07, 6.45) is 6.02. The van der Waals surface area contributed by atoms with Crippen LogP contribution in [0.15, 0.2) is 12.5 Å². The van der Waals surface area contributed by atoms with E-state index in [1.54, 1.807) is 6.33 Å². The van der Waals surface area contributed by atoms with Crippen molar-refractivity contribution in [3.8, 4) is 0 Å². The van der Waals surface area contributed by atoms with Crippen LogP contribution in [-0.4, -0.2) is 35.1 Å². The van der Waals surface area contributed by atoms with Gasteiger partial charge in [-0.2, -0.15) is 0 Å². The van der Waals surface area contributed by atoms with Gasteiger partial charge in [0.15, 0.2) is 0 Å². The number of hydrogen-bond acceptors (Lipinski definition) is 3. The van der Waals surface area contributed by atoms with Crippen molar-refractivity contribution >= 4 is 5.91 Å². The lowest BCUT2D eigenvalue weighted by Crippen LogP contribution is -2.33. The Kier molecular flexibility index (Phi) is 4.36. The van der Waals surface area contributed by atoms with Crippen molar-refractivity contribution in [3.63, 3.8) is 0 Å². The van der Waals surface area contributed by atoms with Crippen LogP contribution in [-0.2, 0) is 4.79 Å². The van der Waals surface area contributed by atoms with E-state index in [1.807, 2.05) is 24.6 Å². The molecule has 0 aromatic carbocycles. The summed E-state index contributed by atoms with van der Waals surface area (Å²) in [5.74, 6) is 0.527. The van der Waals surface area contributed by atoms with Gasteiger partial charge < -0.3 is 15.2 Å². The van der Waals surface area contributed by atoms with E-state index in [0.717, 1.165) is 13.1 Å². The summed E-state index contributed by atoms with van der Waals surface area (Å²) >= 11 is 0. The molecule has 0 saturated carbocycles. The number of hydrogen-bond donors (Lipinski definition) is 2. The summed E-state index contributed by atoms with van der Waals surface area (Å²) in [6, 6.07) is -0.190. The van der Waals surface area contributed by atoms with Gasteiger partial charge in [-0.25, -0.2) is 4.98 Å². The molecule has 2 rings (SSSR count). The first-order chi connectivity index (χ1) is 8.74. The Balaban J connectivity index is 2.13. The molecule has 2 atom stereocenters. The summed E-state index contributed by atoms with van der Waals surface area (Å²) < 4.78 is 2.00. The number of carbonyl (C=O) groups excluding carboxylic acids is 1. The van der Waals surface area contributed by atoms with Crippen molar-refractivity contribution < 1.29 is 4.79 Å². The highest BCUT2D eigenvalue weighted by Gasteiger charge is 2.23. The van der Waals surface area contributed by atoms with Crippen molar-refractivity contribution in [2.75, 3.05) is 19.6 Å². The molecule has 1 aromatic heterocycles. The second-order valence-corrected chi connectivity index (χ2v) is 4.84. The molecule has 100 valence electrons. The van der Waals surface area contributed by atoms with Gasteiger partial charge in [0.05, 0.1) is 6.33 Å². The fourth-order valence-electron chi connectivity index (χ4n) is 2.51. The number of rotatable bonds is 4. The summed E-state index contributed by atoms with van der Waals surface area (Å²) in [5, 5.41) is 6.26. The van der Waals surface area contributed by atoms with Gasteiger partial charge in [-0.15, -0.1) is 0 Å². The van der Waals surface area contributed by atoms with E-state index >= 15 is 0 Å². The summed E-state index contributed by atoms with van der Waals surface area (Å²) in [4.78, 5) is 16.1. The fourth-order valence-corrected chi connectivity index (χ4v) is 2.51. The van der Waals surface area contributed by atoms with Crippen LogP contribution in [0.2, 0.25) is 0 Å². The smallest absolute Gasteiger partial charge is 0.242 e. The van der Waals surface area contributed by atoms with E-state index in [1.165, 1.54) is 18.5 Å². The number of likely N-dealkylation sites (N-methyl/N-ethyl adjacent to an activating group) is 1. The zero-order valence-electron chi connectivity index (χ0n) is 11.1. The number of piperidine rings is 1. The molecule has 2 N–H and O–H groups in total. The largest absolute Gasteiger partial charge is 0.355 e. The highest BCUT2D eigenvalue weighted by molar-refractivity contribution is 5.79. The lowest BCUT2D eigenvalue weighted by molar-refractivity contribution is -0.123. The maximum absolute atomic E-state index is 11.9. The predicted molar refractivity (Wildman–Crippen MR) is 70.5 cm³/mol. The number of imidazole rings is 1. The summed E-state index contributed by atoms with van der Waals surface area (Å²) in [6.45, 7) is 6.60. The van der Waals surface area contributed by atoms with Gasteiger partial charge >= 0.3 is 0 Å². The lowest BCUT2D eigenvalue weighted by Gasteiger charge is -2.25. The molecule has 1 amide bonds. The average Bonchev–Trinajstić information content (AvgIpc) is 2.88. The monoisotopic (exact) mass is 250 g/mol. The molecule has 0 radical (unpaired) electrons. The van der Waals surface area contributed by atoms with E-state index in [-0.39, 0.29) is 11.9 Å². The minimum Gasteiger partial charge on any atom is -0.355 e. The zero-order chi connectivity index (χ0) is 13.0. The van der Waals surface area contributed by atoms with Crippen LogP contribution in [0.4, 0.5) is 0 Å². The number of carbonyl (C=O) groups is 1. The van der Waals surface area contributed by atoms with Crippen molar-refractivity contribution in [2.45, 2.75) is 38.6 Å². The van der Waals surface area contributed by atoms with Gasteiger partial charge in [-0.1, -0.05) is 0 Å². The van der Waals surface area contributed by atoms with Crippen LogP contribution in [0, 0.1) is 0 Å². The highest BCUT2D eigenvalue weighted by atomic mass is 16.2. The predicted octanol–water partition coefficient (Wildman–Crippen LogP) is 1.05. The Morgan fingerprint density at radius 2 is 2.56 bits per heavy atom. The van der Waals surface area contributed by atoms with Crippen LogP contribution in [0.3, 0.4) is 0 Å². The van der Waals surface area contributed by atoms with Gasteiger partial charge in [-0.05, 0) is 33.2 Å². The topological polar surface area (TPSA) is 59.0 Å². The van der Waals surface area contributed by atoms with Gasteiger partial charge in [0.2, 0.25) is 5.91 Å². The van der Waals surface area contributed by atoms with Gasteiger partial charge in [0, 0.05) is 30.9 Å². The van der Waals surface area contributed by atoms with Gasteiger partial charge in [0.1, 0.15) is 6.04 Å². The Labute approximate surface area is 108 Å². The van der Waals surface area contributed by atoms with E-state index < -0.39 is 0 Å². The Morgan fingerprint density at radius 3 is 3.22 bits per heavy atom. The molecule has 18 heavy (non-hydrogen) atoms. The van der Waals surface area contributed by atoms with E-state index in [4.69, 9.17) is 0 Å². The molecule has 1 saturated heterocycles. The third-order valence-electron chi connectivity index (χ3n) is 3.56. The van der Waals surface area contributed by atoms with Gasteiger partial charge in [0.25, 0.3) is 0 Å². The van der Waals surface area contributed by atoms with Gasteiger partial charge in [-0.3, -0.25) is 4.79 Å². The Morgan fingerprint density at radius 1 is 1.72 bits per heavy atom. The molecule has 2 unspecified atom stereocenters. The lowest BCUT2D eigenvalue weighted by atomic mass is 9.96. The molecule has 1 aliphatic heterocycles. The SMILES string of the molecule is CCNC(=O)C(C)n1cncc1C1CCCNC1. The van der Waals surface area contributed by atoms with E-state index in [9.17, 15) is 4.79 Å². The van der Waals surface area contributed by atoms with Crippen molar-refractivity contribution in [2.24, 2.45) is 0 Å². The Bertz CT molecular complexity index is 395. The molecule has 0 spiro atoms. The van der Waals surface area contributed by atoms with Crippen molar-refractivity contribution in [3.05, 3.63) is 18.2 Å². The van der Waals surface area contributed by atoms with Crippen molar-refractivity contribution in [1.82, 2.24) is 20.2 Å². The van der Waals surface area contributed by atoms with Crippen LogP contribution in [0.1, 0.15) is 44.3 Å². The highest BCUT2D eigenvalue weighted by Crippen LogP contribution is 2.25. The molecular formula is C13H22N4O. The maximum atomic E-state index is 11.9. The minimum absolute atomic E-state index is 0.0560. The molecule has 5 heteroatoms. The third kappa shape index (κ3) is 2.72. The van der Waals surface area contributed by atoms with E-state index in [0.29, 0.717) is 12.5 Å². The second-order valence-electron chi connectivity index (χ2n) is 4.84. The average molecular weight is 250 g/mol. The molecule has 0 aliphatic carbocycles. The quantitative estimate of drug-likeness (QED) is 0.839. The normalized spacial score (nSPS) is 21.6. The van der Waals surface area contributed by atoms with Crippen molar-refractivity contribution in [1.29, 1.82) is 0 Å². The van der Waals surface area contributed by atoms with Crippen LogP contribution in [0.25, 0.3) is 0 Å². The number of aromatic nitrogens is 2. The zero-order valence-corrected chi connectivity index (χ0v) is 11.1. The first-order valence-electron chi connectivity index (χ1n) is 6.74. The molecule has 1 aliphatic rings. The minimum atomic E-state index is -0.190. The second kappa shape index (κ2) is 6.00. The van der Waals surface area contributed by atoms with Crippen LogP contribution < -0.4 is 10.6 Å². The van der Waals surface area contributed by atoms with E-state index in [2.05, 4.69) is 15.6 Å². The molecule has 1 fully saturated rings. The molecule has 2 heterocycles. The number of nitrogens with zero attached hydrogens (tertiary/aromatic N) is 2. The standard InChI is InChI=1S/C13H22N4O/c1-3-16-13(18)10(2)17-9-15-8-12(17)11-5-4-6-14-7-11/h8-11,14H,3-7H2,1-2H3,(H,16,18). The summed E-state index contributed by atoms with van der Waals surface area (Å²) in [7, 11) is 0. The first-order valence-corrected chi connectivity index (χ1v) is 6.74. The molecular weight excluding hydrogens is 228 g/mol. The number of amides is 1. The van der Waals surface area contributed by atoms with Crippen LogP contribution in [0.5, 0.6) is 0 Å². The molecule has 0 bridgehead atoms. The Hall–Kier alpha value is -1.36. The number of nitrogens with one attached hydrogen (secondary N) is 2. The maximum Gasteiger partial charge on any atom is 0.242 e. The molecule has 1 aromatic rings. The first kappa shape index (κ1) is 13.1. The molecule has 5 nitrogen and oxygen atoms in total. The third-order valence-corrected chi connectivity index (χ3v) is 3.56. The van der Waals surface area contributed by atoms with Crippen LogP contribution >= 0.6 is 0 Å². The fraction of sp³-hybridized carbons (Fsp3) is 0.692.